The topological polar surface area (TPSA) is 70.1 Å². The number of rotatable bonds is 4. The minimum atomic E-state index is -0.348. The summed E-state index contributed by atoms with van der Waals surface area (Å²) in [5, 5.41) is 10.8. The zero-order valence-electron chi connectivity index (χ0n) is 12.3. The van der Waals surface area contributed by atoms with E-state index in [9.17, 15) is 4.79 Å². The van der Waals surface area contributed by atoms with Crippen molar-refractivity contribution in [2.24, 2.45) is 5.10 Å². The Labute approximate surface area is 155 Å². The number of halogens is 2. The van der Waals surface area contributed by atoms with Crippen LogP contribution in [-0.4, -0.2) is 22.3 Å². The molecule has 0 fully saturated rings. The third-order valence-corrected chi connectivity index (χ3v) is 4.27. The molecule has 0 atom stereocenters. The lowest BCUT2D eigenvalue weighted by Crippen LogP contribution is -2.17. The number of aromatic nitrogens is 2. The van der Waals surface area contributed by atoms with Crippen LogP contribution in [0.3, 0.4) is 0 Å². The van der Waals surface area contributed by atoms with Gasteiger partial charge in [-0.15, -0.1) is 0 Å². The largest absolute Gasteiger partial charge is 0.289 e. The van der Waals surface area contributed by atoms with E-state index in [1.165, 1.54) is 0 Å². The maximum atomic E-state index is 12.1. The summed E-state index contributed by atoms with van der Waals surface area (Å²) in [5.74, 6) is -0.348. The van der Waals surface area contributed by atoms with Gasteiger partial charge in [0.15, 0.2) is 0 Å². The van der Waals surface area contributed by atoms with E-state index in [0.717, 1.165) is 20.1 Å². The van der Waals surface area contributed by atoms with Gasteiger partial charge in [0.2, 0.25) is 0 Å². The van der Waals surface area contributed by atoms with Crippen LogP contribution < -0.4 is 5.43 Å². The number of aromatic amines is 1. The van der Waals surface area contributed by atoms with E-state index < -0.39 is 0 Å². The number of carbonyl (C=O) groups is 1. The fraction of sp³-hybridized carbons (Fsp3) is 0. The van der Waals surface area contributed by atoms with Crippen LogP contribution in [-0.2, 0) is 0 Å². The Hall–Kier alpha value is -2.25. The standard InChI is InChI=1S/C17H12Br2N4O/c18-13-5-1-11(2-6-13)10-20-23-17(24)16-9-15(21-22-16)12-3-7-14(19)8-4-12/h1-10H,(H,21,22)(H,23,24)/b20-10+. The van der Waals surface area contributed by atoms with Gasteiger partial charge in [-0.1, -0.05) is 56.1 Å². The van der Waals surface area contributed by atoms with Gasteiger partial charge in [-0.25, -0.2) is 5.43 Å². The average molecular weight is 448 g/mol. The van der Waals surface area contributed by atoms with Crippen molar-refractivity contribution in [2.75, 3.05) is 0 Å². The molecule has 0 aliphatic carbocycles. The molecule has 3 aromatic rings. The molecule has 2 aromatic carbocycles. The Bertz CT molecular complexity index is 870. The zero-order chi connectivity index (χ0) is 16.9. The molecule has 120 valence electrons. The molecule has 0 bridgehead atoms. The predicted molar refractivity (Wildman–Crippen MR) is 101 cm³/mol. The van der Waals surface area contributed by atoms with Crippen molar-refractivity contribution in [2.45, 2.75) is 0 Å². The quantitative estimate of drug-likeness (QED) is 0.460. The van der Waals surface area contributed by atoms with Crippen LogP contribution in [0.5, 0.6) is 0 Å². The Balaban J connectivity index is 1.65. The lowest BCUT2D eigenvalue weighted by atomic mass is 10.1. The summed E-state index contributed by atoms with van der Waals surface area (Å²) in [6.07, 6.45) is 1.58. The number of carbonyl (C=O) groups excluding carboxylic acids is 1. The number of nitrogens with one attached hydrogen (secondary N) is 2. The van der Waals surface area contributed by atoms with Crippen molar-refractivity contribution in [1.82, 2.24) is 15.6 Å². The number of amides is 1. The van der Waals surface area contributed by atoms with Crippen LogP contribution in [0.2, 0.25) is 0 Å². The van der Waals surface area contributed by atoms with Crippen molar-refractivity contribution < 1.29 is 4.79 Å². The molecule has 2 N–H and O–H groups in total. The minimum Gasteiger partial charge on any atom is -0.272 e. The molecule has 0 unspecified atom stereocenters. The van der Waals surface area contributed by atoms with Gasteiger partial charge < -0.3 is 0 Å². The first-order valence-corrected chi connectivity index (χ1v) is 8.61. The Kier molecular flexibility index (Phi) is 5.22. The highest BCUT2D eigenvalue weighted by molar-refractivity contribution is 9.10. The molecule has 0 saturated carbocycles. The highest BCUT2D eigenvalue weighted by atomic mass is 79.9. The fourth-order valence-corrected chi connectivity index (χ4v) is 2.51. The smallest absolute Gasteiger partial charge is 0.272 e. The SMILES string of the molecule is O=C(N/N=C/c1ccc(Br)cc1)c1cc(-c2ccc(Br)cc2)n[nH]1. The van der Waals surface area contributed by atoms with E-state index >= 15 is 0 Å². The van der Waals surface area contributed by atoms with Crippen LogP contribution in [0.25, 0.3) is 11.3 Å². The lowest BCUT2D eigenvalue weighted by molar-refractivity contribution is 0.0950. The molecule has 0 aliphatic heterocycles. The molecule has 7 heteroatoms. The van der Waals surface area contributed by atoms with Crippen LogP contribution >= 0.6 is 31.9 Å². The van der Waals surface area contributed by atoms with Crippen LogP contribution in [0, 0.1) is 0 Å². The first kappa shape index (κ1) is 16.6. The summed E-state index contributed by atoms with van der Waals surface area (Å²) in [6.45, 7) is 0. The summed E-state index contributed by atoms with van der Waals surface area (Å²) in [7, 11) is 0. The van der Waals surface area contributed by atoms with E-state index in [-0.39, 0.29) is 5.91 Å². The zero-order valence-corrected chi connectivity index (χ0v) is 15.5. The van der Waals surface area contributed by atoms with E-state index in [1.807, 2.05) is 48.5 Å². The van der Waals surface area contributed by atoms with Crippen molar-refractivity contribution in [1.29, 1.82) is 0 Å². The Morgan fingerprint density at radius 3 is 2.33 bits per heavy atom. The van der Waals surface area contributed by atoms with Crippen molar-refractivity contribution >= 4 is 44.0 Å². The van der Waals surface area contributed by atoms with Crippen LogP contribution in [0.15, 0.2) is 68.6 Å². The van der Waals surface area contributed by atoms with Gasteiger partial charge in [-0.05, 0) is 35.9 Å². The first-order valence-electron chi connectivity index (χ1n) is 7.02. The second kappa shape index (κ2) is 7.55. The molecule has 0 aliphatic rings. The molecule has 1 heterocycles. The third-order valence-electron chi connectivity index (χ3n) is 3.21. The van der Waals surface area contributed by atoms with Crippen molar-refractivity contribution in [3.8, 4) is 11.3 Å². The van der Waals surface area contributed by atoms with E-state index in [4.69, 9.17) is 0 Å². The van der Waals surface area contributed by atoms with E-state index in [2.05, 4.69) is 52.6 Å². The molecule has 24 heavy (non-hydrogen) atoms. The predicted octanol–water partition coefficient (Wildman–Crippen LogP) is 4.37. The van der Waals surface area contributed by atoms with Gasteiger partial charge in [0.1, 0.15) is 5.69 Å². The summed E-state index contributed by atoms with van der Waals surface area (Å²) < 4.78 is 1.98. The van der Waals surface area contributed by atoms with Gasteiger partial charge in [0.05, 0.1) is 11.9 Å². The third kappa shape index (κ3) is 4.18. The van der Waals surface area contributed by atoms with E-state index in [1.54, 1.807) is 12.3 Å². The molecular weight excluding hydrogens is 436 g/mol. The molecule has 0 saturated heterocycles. The number of hydrogen-bond donors (Lipinski definition) is 2. The highest BCUT2D eigenvalue weighted by Gasteiger charge is 2.10. The molecule has 3 rings (SSSR count). The van der Waals surface area contributed by atoms with Crippen molar-refractivity contribution in [3.05, 3.63) is 74.8 Å². The number of hydrogen-bond acceptors (Lipinski definition) is 3. The van der Waals surface area contributed by atoms with Gasteiger partial charge >= 0.3 is 0 Å². The summed E-state index contributed by atoms with van der Waals surface area (Å²) in [5.41, 5.74) is 5.33. The summed E-state index contributed by atoms with van der Waals surface area (Å²) in [6, 6.07) is 17.0. The highest BCUT2D eigenvalue weighted by Crippen LogP contribution is 2.20. The molecule has 5 nitrogen and oxygen atoms in total. The fourth-order valence-electron chi connectivity index (χ4n) is 1.98. The average Bonchev–Trinajstić information content (AvgIpc) is 3.07. The van der Waals surface area contributed by atoms with Crippen LogP contribution in [0.1, 0.15) is 16.1 Å². The molecular formula is C17H12Br2N4O. The van der Waals surface area contributed by atoms with E-state index in [0.29, 0.717) is 11.4 Å². The number of H-pyrrole nitrogens is 1. The van der Waals surface area contributed by atoms with Gasteiger partial charge in [-0.2, -0.15) is 10.2 Å². The first-order chi connectivity index (χ1) is 11.6. The minimum absolute atomic E-state index is 0.348. The molecule has 1 amide bonds. The summed E-state index contributed by atoms with van der Waals surface area (Å²) in [4.78, 5) is 12.1. The Morgan fingerprint density at radius 2 is 1.67 bits per heavy atom. The van der Waals surface area contributed by atoms with Gasteiger partial charge in [0.25, 0.3) is 5.91 Å². The normalized spacial score (nSPS) is 10.9. The molecule has 0 spiro atoms. The van der Waals surface area contributed by atoms with Crippen LogP contribution in [0.4, 0.5) is 0 Å². The molecule has 1 aromatic heterocycles. The monoisotopic (exact) mass is 446 g/mol. The van der Waals surface area contributed by atoms with Gasteiger partial charge in [0, 0.05) is 14.5 Å². The second-order valence-corrected chi connectivity index (χ2v) is 6.76. The number of hydrazone groups is 1. The van der Waals surface area contributed by atoms with Crippen molar-refractivity contribution in [3.63, 3.8) is 0 Å². The van der Waals surface area contributed by atoms with Gasteiger partial charge in [-0.3, -0.25) is 9.89 Å². The maximum absolute atomic E-state index is 12.1. The number of nitrogens with zero attached hydrogens (tertiary/aromatic N) is 2. The Morgan fingerprint density at radius 1 is 1.04 bits per heavy atom. The summed E-state index contributed by atoms with van der Waals surface area (Å²) >= 11 is 6.75. The molecule has 0 radical (unpaired) electrons. The lowest BCUT2D eigenvalue weighted by Gasteiger charge is -1.96. The maximum Gasteiger partial charge on any atom is 0.289 e. The number of benzene rings is 2. The second-order valence-electron chi connectivity index (χ2n) is 4.92.